The average molecular weight is 707 g/mol. The normalized spacial score (nSPS) is 17.3. The Labute approximate surface area is 286 Å². The van der Waals surface area contributed by atoms with Gasteiger partial charge in [-0.15, -0.1) is 23.5 Å². The summed E-state index contributed by atoms with van der Waals surface area (Å²) in [6.07, 6.45) is 5.84. The van der Waals surface area contributed by atoms with Gasteiger partial charge in [-0.1, -0.05) is 26.7 Å². The van der Waals surface area contributed by atoms with Crippen molar-refractivity contribution in [3.63, 3.8) is 0 Å². The molecule has 2 aromatic rings. The summed E-state index contributed by atoms with van der Waals surface area (Å²) in [5.41, 5.74) is 13.2. The van der Waals surface area contributed by atoms with Crippen LogP contribution in [-0.4, -0.2) is 104 Å². The molecule has 4 amide bonds. The van der Waals surface area contributed by atoms with E-state index in [0.717, 1.165) is 29.2 Å². The summed E-state index contributed by atoms with van der Waals surface area (Å²) >= 11 is 3.38. The second kappa shape index (κ2) is 18.2. The molecule has 0 radical (unpaired) electrons. The lowest BCUT2D eigenvalue weighted by molar-refractivity contribution is -0.132. The zero-order chi connectivity index (χ0) is 33.1. The van der Waals surface area contributed by atoms with Crippen molar-refractivity contribution >= 4 is 68.7 Å². The van der Waals surface area contributed by atoms with Crippen molar-refractivity contribution in [1.82, 2.24) is 30.4 Å². The Morgan fingerprint density at radius 1 is 0.804 bits per heavy atom. The van der Waals surface area contributed by atoms with Crippen molar-refractivity contribution in [1.29, 1.82) is 0 Å². The molecule has 0 aliphatic carbocycles. The molecule has 2 aliphatic heterocycles. The van der Waals surface area contributed by atoms with Crippen molar-refractivity contribution in [3.8, 4) is 0 Å². The van der Waals surface area contributed by atoms with Crippen LogP contribution in [0.4, 0.5) is 0 Å². The van der Waals surface area contributed by atoms with E-state index in [-0.39, 0.29) is 29.3 Å². The zero-order valence-corrected chi connectivity index (χ0v) is 29.3. The lowest BCUT2D eigenvalue weighted by Gasteiger charge is -2.27. The molecule has 2 aromatic heterocycles. The van der Waals surface area contributed by atoms with E-state index in [0.29, 0.717) is 48.3 Å². The molecule has 0 spiro atoms. The number of carbonyl (C=O) groups is 4. The lowest BCUT2D eigenvalue weighted by Crippen LogP contribution is -2.55. The highest BCUT2D eigenvalue weighted by molar-refractivity contribution is 8.76. The van der Waals surface area contributed by atoms with E-state index < -0.39 is 24.2 Å². The Hall–Kier alpha value is -2.50. The van der Waals surface area contributed by atoms with Crippen LogP contribution in [0.25, 0.3) is 0 Å². The van der Waals surface area contributed by atoms with Crippen LogP contribution in [0.1, 0.15) is 60.4 Å². The molecule has 4 heterocycles. The molecule has 250 valence electrons. The zero-order valence-electron chi connectivity index (χ0n) is 26.1. The number of nitrogens with two attached hydrogens (primary N) is 2. The van der Waals surface area contributed by atoms with E-state index in [1.54, 1.807) is 63.8 Å². The van der Waals surface area contributed by atoms with Gasteiger partial charge in [0.05, 0.1) is 29.4 Å². The predicted molar refractivity (Wildman–Crippen MR) is 187 cm³/mol. The van der Waals surface area contributed by atoms with Gasteiger partial charge < -0.3 is 31.9 Å². The van der Waals surface area contributed by atoms with Crippen LogP contribution in [0.2, 0.25) is 0 Å². The topological polar surface area (TPSA) is 177 Å². The predicted octanol–water partition coefficient (Wildman–Crippen LogP) is 2.79. The lowest BCUT2D eigenvalue weighted by atomic mass is 10.0. The van der Waals surface area contributed by atoms with Gasteiger partial charge in [-0.05, 0) is 58.7 Å². The molecule has 0 saturated carbocycles. The van der Waals surface area contributed by atoms with E-state index in [2.05, 4.69) is 20.6 Å². The Balaban J connectivity index is 1.27. The van der Waals surface area contributed by atoms with Crippen molar-refractivity contribution in [2.45, 2.75) is 73.6 Å². The number of nitrogens with one attached hydrogen (secondary N) is 2. The maximum Gasteiger partial charge on any atom is 0.270 e. The third-order valence-electron chi connectivity index (χ3n) is 7.59. The maximum absolute atomic E-state index is 13.0. The van der Waals surface area contributed by atoms with Crippen molar-refractivity contribution in [2.24, 2.45) is 11.5 Å². The minimum absolute atomic E-state index is 0.137. The quantitative estimate of drug-likeness (QED) is 0.200. The van der Waals surface area contributed by atoms with Crippen LogP contribution in [0.15, 0.2) is 46.6 Å². The molecule has 12 nitrogen and oxygen atoms in total. The molecular weight excluding hydrogens is 665 g/mol. The fraction of sp³-hybridized carbons (Fsp3) is 0.533. The van der Waals surface area contributed by atoms with E-state index in [4.69, 9.17) is 11.5 Å². The van der Waals surface area contributed by atoms with Crippen LogP contribution >= 0.6 is 45.1 Å². The monoisotopic (exact) mass is 706 g/mol. The molecule has 2 fully saturated rings. The molecule has 16 heteroatoms. The molecule has 0 bridgehead atoms. The molecule has 0 aromatic carbocycles. The van der Waals surface area contributed by atoms with Gasteiger partial charge in [0.2, 0.25) is 11.8 Å². The fourth-order valence-electron chi connectivity index (χ4n) is 4.96. The molecule has 4 unspecified atom stereocenters. The minimum atomic E-state index is -0.808. The van der Waals surface area contributed by atoms with Gasteiger partial charge >= 0.3 is 0 Å². The third-order valence-corrected chi connectivity index (χ3v) is 11.8. The molecule has 2 aliphatic rings. The van der Waals surface area contributed by atoms with Gasteiger partial charge in [-0.25, -0.2) is 9.97 Å². The summed E-state index contributed by atoms with van der Waals surface area (Å²) in [6.45, 7) is 5.33. The van der Waals surface area contributed by atoms with Gasteiger partial charge in [-0.2, -0.15) is 0 Å². The second-order valence-electron chi connectivity index (χ2n) is 11.0. The van der Waals surface area contributed by atoms with E-state index in [9.17, 15) is 19.2 Å². The molecule has 6 N–H and O–H groups in total. The molecule has 2 saturated heterocycles. The van der Waals surface area contributed by atoms with Crippen molar-refractivity contribution < 1.29 is 19.2 Å². The minimum Gasteiger partial charge on any atom is -0.347 e. The third kappa shape index (κ3) is 10.0. The summed E-state index contributed by atoms with van der Waals surface area (Å²) in [4.78, 5) is 64.5. The highest BCUT2D eigenvalue weighted by Crippen LogP contribution is 2.35. The van der Waals surface area contributed by atoms with E-state index in [1.807, 2.05) is 13.8 Å². The summed E-state index contributed by atoms with van der Waals surface area (Å²) < 4.78 is 0. The summed E-state index contributed by atoms with van der Waals surface area (Å²) in [5.74, 6) is 2.07. The number of aromatic nitrogens is 2. The number of amides is 4. The number of hydrogen-bond acceptors (Lipinski definition) is 12. The first-order chi connectivity index (χ1) is 22.2. The van der Waals surface area contributed by atoms with Gasteiger partial charge in [-0.3, -0.25) is 19.2 Å². The Morgan fingerprint density at radius 3 is 1.85 bits per heavy atom. The van der Waals surface area contributed by atoms with Gasteiger partial charge in [0.25, 0.3) is 11.8 Å². The first-order valence-corrected chi connectivity index (χ1v) is 19.8. The van der Waals surface area contributed by atoms with E-state index >= 15 is 0 Å². The van der Waals surface area contributed by atoms with Crippen molar-refractivity contribution in [3.05, 3.63) is 47.9 Å². The second-order valence-corrected chi connectivity index (χ2v) is 15.4. The average Bonchev–Trinajstić information content (AvgIpc) is 3.82. The Bertz CT molecular complexity index is 1220. The number of thioether (sulfide) groups is 2. The van der Waals surface area contributed by atoms with Crippen LogP contribution in [0.3, 0.4) is 0 Å². The van der Waals surface area contributed by atoms with Crippen LogP contribution < -0.4 is 22.1 Å². The van der Waals surface area contributed by atoms with Crippen LogP contribution in [0.5, 0.6) is 0 Å². The van der Waals surface area contributed by atoms with Crippen LogP contribution in [0, 0.1) is 0 Å². The van der Waals surface area contributed by atoms with Gasteiger partial charge in [0.15, 0.2) is 0 Å². The Kier molecular flexibility index (Phi) is 14.3. The molecule has 46 heavy (non-hydrogen) atoms. The fourth-order valence-corrected chi connectivity index (χ4v) is 8.63. The number of carbonyl (C=O) groups excluding carboxylic acids is 4. The first kappa shape index (κ1) is 36.3. The maximum atomic E-state index is 13.0. The smallest absolute Gasteiger partial charge is 0.270 e. The summed E-state index contributed by atoms with van der Waals surface area (Å²) in [7, 11) is 2.81. The highest BCUT2D eigenvalue weighted by Gasteiger charge is 2.32. The highest BCUT2D eigenvalue weighted by atomic mass is 33.1. The summed E-state index contributed by atoms with van der Waals surface area (Å²) in [6, 6.07) is 4.31. The largest absolute Gasteiger partial charge is 0.347 e. The number of pyridine rings is 2. The summed E-state index contributed by atoms with van der Waals surface area (Å²) in [5, 5.41) is 6.53. The SMILES string of the molecule is CCCC(NC(=O)c1ccc(SSc2ccc(C(=O)NC(CCC)C(N)C(=O)N3CCSC3)nc2)nc1)C(N)C(=O)N1CCSC1. The number of nitrogens with zero attached hydrogens (tertiary/aromatic N) is 4. The Morgan fingerprint density at radius 2 is 1.39 bits per heavy atom. The molecular formula is C30H42N8O4S4. The molecule has 4 atom stereocenters. The van der Waals surface area contributed by atoms with E-state index in [1.165, 1.54) is 27.8 Å². The van der Waals surface area contributed by atoms with Gasteiger partial charge in [0, 0.05) is 41.9 Å². The molecule has 4 rings (SSSR count). The number of hydrogen-bond donors (Lipinski definition) is 4. The van der Waals surface area contributed by atoms with Crippen LogP contribution in [-0.2, 0) is 9.59 Å². The first-order valence-electron chi connectivity index (χ1n) is 15.3. The van der Waals surface area contributed by atoms with Crippen molar-refractivity contribution in [2.75, 3.05) is 36.3 Å². The standard InChI is InChI=1S/C30H42N8O4S4/c1-3-5-21(25(31)29(41)37-11-13-43-17-37)35-27(39)19-7-10-24(34-15-19)46-45-20-8-9-23(33-16-20)28(40)36-22(6-4-2)26(32)30(42)38-12-14-44-18-38/h7-10,15-16,21-22,25-26H,3-6,11-14,17-18,31-32H2,1-2H3,(H,35,39)(H,36,40). The number of rotatable bonds is 15. The van der Waals surface area contributed by atoms with Gasteiger partial charge in [0.1, 0.15) is 22.8 Å².